The van der Waals surface area contributed by atoms with Gasteiger partial charge >= 0.3 is 0 Å². The Balaban J connectivity index is 0. The van der Waals surface area contributed by atoms with Crippen molar-refractivity contribution in [3.05, 3.63) is 30.6 Å². The summed E-state index contributed by atoms with van der Waals surface area (Å²) in [7, 11) is 3.75. The molecule has 0 aliphatic heterocycles. The van der Waals surface area contributed by atoms with Crippen LogP contribution >= 0.6 is 0 Å². The summed E-state index contributed by atoms with van der Waals surface area (Å²) in [6.45, 7) is 4.00. The number of nitrogens with one attached hydrogen (secondary N) is 1. The number of pyridine rings is 1. The van der Waals surface area contributed by atoms with Gasteiger partial charge in [0.25, 0.3) is 0 Å². The lowest BCUT2D eigenvalue weighted by molar-refractivity contribution is 1.02. The predicted octanol–water partition coefficient (Wildman–Crippen LogP) is 1.94. The van der Waals surface area contributed by atoms with E-state index in [0.717, 1.165) is 0 Å². The number of aromatic nitrogens is 1. The second kappa shape index (κ2) is 16.1. The van der Waals surface area contributed by atoms with E-state index in [1.807, 2.05) is 46.1 Å². The van der Waals surface area contributed by atoms with E-state index in [-0.39, 0.29) is 0 Å². The molecule has 0 saturated carbocycles. The molecule has 0 radical (unpaired) electrons. The summed E-state index contributed by atoms with van der Waals surface area (Å²) in [5, 5.41) is 2.75. The molecule has 1 rings (SSSR count). The van der Waals surface area contributed by atoms with Crippen molar-refractivity contribution in [2.45, 2.75) is 13.8 Å². The highest BCUT2D eigenvalue weighted by atomic mass is 14.7. The minimum atomic E-state index is 1.75. The van der Waals surface area contributed by atoms with Crippen molar-refractivity contribution in [3.8, 4) is 0 Å². The van der Waals surface area contributed by atoms with Crippen LogP contribution in [0.1, 0.15) is 13.8 Å². The molecule has 0 spiro atoms. The molecule has 0 atom stereocenters. The zero-order valence-electron chi connectivity index (χ0n) is 7.83. The molecular formula is C9H18N2. The Bertz CT molecular complexity index is 90.4. The van der Waals surface area contributed by atoms with E-state index in [1.165, 1.54) is 0 Å². The summed E-state index contributed by atoms with van der Waals surface area (Å²) in [5.74, 6) is 0. The summed E-state index contributed by atoms with van der Waals surface area (Å²) in [6, 6.07) is 5.72. The zero-order chi connectivity index (χ0) is 8.95. The van der Waals surface area contributed by atoms with Crippen LogP contribution < -0.4 is 5.32 Å². The van der Waals surface area contributed by atoms with E-state index in [1.54, 1.807) is 12.4 Å². The van der Waals surface area contributed by atoms with E-state index in [2.05, 4.69) is 10.3 Å². The lowest BCUT2D eigenvalue weighted by atomic mass is 10.5. The van der Waals surface area contributed by atoms with E-state index in [4.69, 9.17) is 0 Å². The van der Waals surface area contributed by atoms with Crippen LogP contribution in [0.15, 0.2) is 30.6 Å². The molecule has 1 heterocycles. The summed E-state index contributed by atoms with van der Waals surface area (Å²) in [4.78, 5) is 3.78. The number of hydrogen-bond donors (Lipinski definition) is 1. The SMILES string of the molecule is CC.CNC.c1ccncc1. The maximum atomic E-state index is 3.78. The van der Waals surface area contributed by atoms with Crippen LogP contribution in [0.3, 0.4) is 0 Å². The van der Waals surface area contributed by atoms with Crippen LogP contribution in [0.4, 0.5) is 0 Å². The molecule has 1 aromatic rings. The van der Waals surface area contributed by atoms with Crippen molar-refractivity contribution in [1.82, 2.24) is 10.3 Å². The first-order chi connectivity index (χ1) is 5.41. The summed E-state index contributed by atoms with van der Waals surface area (Å²) < 4.78 is 0. The molecule has 0 aliphatic carbocycles. The third-order valence-corrected chi connectivity index (χ3v) is 0.566. The molecule has 2 heteroatoms. The smallest absolute Gasteiger partial charge is 0.0267 e. The minimum absolute atomic E-state index is 1.75. The van der Waals surface area contributed by atoms with Gasteiger partial charge in [0.2, 0.25) is 0 Å². The van der Waals surface area contributed by atoms with Gasteiger partial charge in [0.1, 0.15) is 0 Å². The third-order valence-electron chi connectivity index (χ3n) is 0.566. The molecule has 1 aromatic heterocycles. The first-order valence-electron chi connectivity index (χ1n) is 3.85. The Morgan fingerprint density at radius 1 is 0.909 bits per heavy atom. The van der Waals surface area contributed by atoms with E-state index in [9.17, 15) is 0 Å². The molecule has 0 aromatic carbocycles. The average molecular weight is 154 g/mol. The normalized spacial score (nSPS) is 6.55. The second-order valence-electron chi connectivity index (χ2n) is 1.52. The van der Waals surface area contributed by atoms with Gasteiger partial charge in [-0.25, -0.2) is 0 Å². The molecule has 0 aliphatic rings. The van der Waals surface area contributed by atoms with E-state index >= 15 is 0 Å². The van der Waals surface area contributed by atoms with Crippen molar-refractivity contribution in [3.63, 3.8) is 0 Å². The van der Waals surface area contributed by atoms with Crippen molar-refractivity contribution < 1.29 is 0 Å². The standard InChI is InChI=1S/C5H5N.C2H7N.C2H6/c1-2-4-6-5-3-1;1-3-2;1-2/h1-5H;3H,1-2H3;1-2H3. The highest BCUT2D eigenvalue weighted by molar-refractivity contribution is 4.88. The molecule has 0 unspecified atom stereocenters. The quantitative estimate of drug-likeness (QED) is 0.617. The number of rotatable bonds is 0. The lowest BCUT2D eigenvalue weighted by Gasteiger charge is -1.70. The summed E-state index contributed by atoms with van der Waals surface area (Å²) in [6.07, 6.45) is 3.50. The number of nitrogens with zero attached hydrogens (tertiary/aromatic N) is 1. The van der Waals surface area contributed by atoms with Gasteiger partial charge in [0.15, 0.2) is 0 Å². The zero-order valence-corrected chi connectivity index (χ0v) is 7.83. The fourth-order valence-electron chi connectivity index (χ4n) is 0.313. The first kappa shape index (κ1) is 12.8. The highest BCUT2D eigenvalue weighted by Gasteiger charge is 1.58. The van der Waals surface area contributed by atoms with Gasteiger partial charge < -0.3 is 5.32 Å². The molecule has 64 valence electrons. The van der Waals surface area contributed by atoms with Crippen molar-refractivity contribution in [2.75, 3.05) is 14.1 Å². The maximum absolute atomic E-state index is 3.78. The molecule has 11 heavy (non-hydrogen) atoms. The largest absolute Gasteiger partial charge is 0.323 e. The van der Waals surface area contributed by atoms with Crippen LogP contribution in [0.2, 0.25) is 0 Å². The van der Waals surface area contributed by atoms with Gasteiger partial charge in [-0.3, -0.25) is 4.98 Å². The molecule has 0 fully saturated rings. The fourth-order valence-corrected chi connectivity index (χ4v) is 0.313. The Kier molecular flexibility index (Phi) is 18.6. The second-order valence-corrected chi connectivity index (χ2v) is 1.52. The molecule has 0 amide bonds. The van der Waals surface area contributed by atoms with E-state index in [0.29, 0.717) is 0 Å². The monoisotopic (exact) mass is 154 g/mol. The topological polar surface area (TPSA) is 24.9 Å². The van der Waals surface area contributed by atoms with Gasteiger partial charge in [-0.15, -0.1) is 0 Å². The minimum Gasteiger partial charge on any atom is -0.323 e. The highest BCUT2D eigenvalue weighted by Crippen LogP contribution is 1.73. The first-order valence-corrected chi connectivity index (χ1v) is 3.85. The van der Waals surface area contributed by atoms with Gasteiger partial charge in [-0.05, 0) is 26.2 Å². The average Bonchev–Trinajstić information content (AvgIpc) is 2.12. The van der Waals surface area contributed by atoms with Gasteiger partial charge in [-0.1, -0.05) is 19.9 Å². The van der Waals surface area contributed by atoms with Crippen molar-refractivity contribution in [1.29, 1.82) is 0 Å². The van der Waals surface area contributed by atoms with Crippen molar-refractivity contribution in [2.24, 2.45) is 0 Å². The van der Waals surface area contributed by atoms with Gasteiger partial charge in [-0.2, -0.15) is 0 Å². The third kappa shape index (κ3) is 17.6. The van der Waals surface area contributed by atoms with E-state index < -0.39 is 0 Å². The Labute approximate surface area is 69.7 Å². The molecule has 2 nitrogen and oxygen atoms in total. The summed E-state index contributed by atoms with van der Waals surface area (Å²) >= 11 is 0. The van der Waals surface area contributed by atoms with Crippen molar-refractivity contribution >= 4 is 0 Å². The predicted molar refractivity (Wildman–Crippen MR) is 50.6 cm³/mol. The Morgan fingerprint density at radius 2 is 1.27 bits per heavy atom. The van der Waals surface area contributed by atoms with Crippen LogP contribution in [-0.2, 0) is 0 Å². The van der Waals surface area contributed by atoms with Gasteiger partial charge in [0.05, 0.1) is 0 Å². The van der Waals surface area contributed by atoms with Crippen LogP contribution in [0.25, 0.3) is 0 Å². The summed E-state index contributed by atoms with van der Waals surface area (Å²) in [5.41, 5.74) is 0. The number of hydrogen-bond acceptors (Lipinski definition) is 2. The van der Waals surface area contributed by atoms with Crippen LogP contribution in [-0.4, -0.2) is 19.1 Å². The molecule has 1 N–H and O–H groups in total. The Morgan fingerprint density at radius 3 is 1.36 bits per heavy atom. The molecule has 0 saturated heterocycles. The fraction of sp³-hybridized carbons (Fsp3) is 0.444. The molecular weight excluding hydrogens is 136 g/mol. The van der Waals surface area contributed by atoms with Crippen LogP contribution in [0.5, 0.6) is 0 Å². The van der Waals surface area contributed by atoms with Crippen LogP contribution in [0, 0.1) is 0 Å². The lowest BCUT2D eigenvalue weighted by Crippen LogP contribution is -1.89. The van der Waals surface area contributed by atoms with Gasteiger partial charge in [0, 0.05) is 12.4 Å². The molecule has 0 bridgehead atoms. The Hall–Kier alpha value is -0.890. The maximum Gasteiger partial charge on any atom is 0.0267 e.